The van der Waals surface area contributed by atoms with Gasteiger partial charge in [-0.15, -0.1) is 0 Å². The maximum atomic E-state index is 13.2. The van der Waals surface area contributed by atoms with Gasteiger partial charge in [-0.3, -0.25) is 4.79 Å². The second-order valence-electron chi connectivity index (χ2n) is 2.58. The number of carbonyl (C=O) groups is 1. The highest BCUT2D eigenvalue weighted by Gasteiger charge is 2.14. The fourth-order valence-corrected chi connectivity index (χ4v) is 1.49. The van der Waals surface area contributed by atoms with Crippen molar-refractivity contribution in [1.29, 1.82) is 0 Å². The lowest BCUT2D eigenvalue weighted by molar-refractivity contribution is 0.0940. The third-order valence-electron chi connectivity index (χ3n) is 1.59. The van der Waals surface area contributed by atoms with Crippen molar-refractivity contribution in [3.05, 3.63) is 34.1 Å². The summed E-state index contributed by atoms with van der Waals surface area (Å²) >= 11 is 3.08. The van der Waals surface area contributed by atoms with Gasteiger partial charge < -0.3 is 10.4 Å². The Kier molecular flexibility index (Phi) is 4.03. The van der Waals surface area contributed by atoms with E-state index in [0.29, 0.717) is 4.47 Å². The molecular weight excluding hydrogens is 253 g/mol. The topological polar surface area (TPSA) is 49.3 Å². The summed E-state index contributed by atoms with van der Waals surface area (Å²) in [5.41, 5.74) is -0.0408. The van der Waals surface area contributed by atoms with Crippen molar-refractivity contribution in [2.24, 2.45) is 0 Å². The van der Waals surface area contributed by atoms with E-state index < -0.39 is 11.7 Å². The smallest absolute Gasteiger partial charge is 0.255 e. The van der Waals surface area contributed by atoms with E-state index in [1.54, 1.807) is 6.07 Å². The molecule has 0 fully saturated rings. The van der Waals surface area contributed by atoms with Gasteiger partial charge in [0.2, 0.25) is 0 Å². The number of aliphatic hydroxyl groups is 1. The van der Waals surface area contributed by atoms with Gasteiger partial charge in [-0.2, -0.15) is 0 Å². The predicted octanol–water partition coefficient (Wildman–Crippen LogP) is 1.31. The lowest BCUT2D eigenvalue weighted by Crippen LogP contribution is -2.27. The van der Waals surface area contributed by atoms with Crippen molar-refractivity contribution in [1.82, 2.24) is 5.32 Å². The Morgan fingerprint density at radius 1 is 1.57 bits per heavy atom. The van der Waals surface area contributed by atoms with Gasteiger partial charge in [0, 0.05) is 11.0 Å². The number of nitrogens with one attached hydrogen (secondary N) is 1. The first-order valence-electron chi connectivity index (χ1n) is 4.00. The molecule has 0 radical (unpaired) electrons. The van der Waals surface area contributed by atoms with Gasteiger partial charge in [-0.05, 0) is 28.1 Å². The number of rotatable bonds is 3. The fraction of sp³-hybridized carbons (Fsp3) is 0.222. The minimum absolute atomic E-state index is 0.0408. The number of hydrogen-bond donors (Lipinski definition) is 2. The van der Waals surface area contributed by atoms with Crippen LogP contribution in [0.25, 0.3) is 0 Å². The Balaban J connectivity index is 2.89. The van der Waals surface area contributed by atoms with Crippen LogP contribution in [0.2, 0.25) is 0 Å². The molecule has 0 unspecified atom stereocenters. The third kappa shape index (κ3) is 2.52. The normalized spacial score (nSPS) is 9.93. The highest BCUT2D eigenvalue weighted by molar-refractivity contribution is 9.10. The summed E-state index contributed by atoms with van der Waals surface area (Å²) in [6, 6.07) is 4.29. The molecule has 1 aromatic carbocycles. The van der Waals surface area contributed by atoms with Crippen LogP contribution < -0.4 is 5.32 Å². The molecule has 0 aromatic heterocycles. The Hall–Kier alpha value is -0.940. The van der Waals surface area contributed by atoms with Crippen molar-refractivity contribution in [3.63, 3.8) is 0 Å². The molecule has 0 bridgehead atoms. The Morgan fingerprint density at radius 3 is 2.86 bits per heavy atom. The van der Waals surface area contributed by atoms with Gasteiger partial charge in [0.15, 0.2) is 0 Å². The molecule has 0 aliphatic carbocycles. The minimum Gasteiger partial charge on any atom is -0.395 e. The van der Waals surface area contributed by atoms with Gasteiger partial charge in [0.05, 0.1) is 12.2 Å². The SMILES string of the molecule is O=C(NCCO)c1c(F)cccc1Br. The molecule has 0 aliphatic rings. The lowest BCUT2D eigenvalue weighted by Gasteiger charge is -2.05. The van der Waals surface area contributed by atoms with Crippen LogP contribution in [-0.4, -0.2) is 24.2 Å². The number of halogens is 2. The maximum Gasteiger partial charge on any atom is 0.255 e. The van der Waals surface area contributed by atoms with Crippen molar-refractivity contribution in [2.45, 2.75) is 0 Å². The van der Waals surface area contributed by atoms with E-state index in [2.05, 4.69) is 21.2 Å². The van der Waals surface area contributed by atoms with E-state index in [-0.39, 0.29) is 18.7 Å². The molecule has 0 spiro atoms. The molecule has 1 rings (SSSR count). The zero-order valence-electron chi connectivity index (χ0n) is 7.26. The molecule has 0 saturated heterocycles. The second kappa shape index (κ2) is 5.07. The van der Waals surface area contributed by atoms with E-state index in [1.807, 2.05) is 0 Å². The van der Waals surface area contributed by atoms with Crippen LogP contribution in [0.1, 0.15) is 10.4 Å². The van der Waals surface area contributed by atoms with Gasteiger partial charge in [-0.1, -0.05) is 6.07 Å². The molecule has 2 N–H and O–H groups in total. The second-order valence-corrected chi connectivity index (χ2v) is 3.43. The Labute approximate surface area is 89.1 Å². The zero-order valence-corrected chi connectivity index (χ0v) is 8.84. The van der Waals surface area contributed by atoms with E-state index >= 15 is 0 Å². The van der Waals surface area contributed by atoms with Crippen molar-refractivity contribution in [2.75, 3.05) is 13.2 Å². The summed E-state index contributed by atoms with van der Waals surface area (Å²) in [4.78, 5) is 11.4. The number of hydrogen-bond acceptors (Lipinski definition) is 2. The van der Waals surface area contributed by atoms with Crippen LogP contribution in [-0.2, 0) is 0 Å². The summed E-state index contributed by atoms with van der Waals surface area (Å²) in [5, 5.41) is 10.9. The highest BCUT2D eigenvalue weighted by Crippen LogP contribution is 2.19. The number of amides is 1. The maximum absolute atomic E-state index is 13.2. The molecule has 14 heavy (non-hydrogen) atoms. The number of carbonyl (C=O) groups excluding carboxylic acids is 1. The molecule has 1 aromatic rings. The summed E-state index contributed by atoms with van der Waals surface area (Å²) in [7, 11) is 0. The summed E-state index contributed by atoms with van der Waals surface area (Å²) in [5.74, 6) is -1.13. The molecule has 0 aliphatic heterocycles. The number of benzene rings is 1. The van der Waals surface area contributed by atoms with Crippen LogP contribution in [0.3, 0.4) is 0 Å². The average molecular weight is 262 g/mol. The van der Waals surface area contributed by atoms with E-state index in [4.69, 9.17) is 5.11 Å². The molecule has 0 heterocycles. The zero-order chi connectivity index (χ0) is 10.6. The van der Waals surface area contributed by atoms with Gasteiger partial charge >= 0.3 is 0 Å². The predicted molar refractivity (Wildman–Crippen MR) is 53.5 cm³/mol. The van der Waals surface area contributed by atoms with Gasteiger partial charge in [0.1, 0.15) is 5.82 Å². The van der Waals surface area contributed by atoms with E-state index in [1.165, 1.54) is 12.1 Å². The van der Waals surface area contributed by atoms with Crippen molar-refractivity contribution < 1.29 is 14.3 Å². The first-order valence-corrected chi connectivity index (χ1v) is 4.79. The first-order chi connectivity index (χ1) is 6.66. The van der Waals surface area contributed by atoms with E-state index in [0.717, 1.165) is 0 Å². The summed E-state index contributed by atoms with van der Waals surface area (Å²) in [6.45, 7) is -0.0581. The molecule has 0 atom stereocenters. The van der Waals surface area contributed by atoms with Crippen LogP contribution in [0.5, 0.6) is 0 Å². The average Bonchev–Trinajstić information content (AvgIpc) is 2.14. The van der Waals surface area contributed by atoms with Crippen LogP contribution in [0, 0.1) is 5.82 Å². The van der Waals surface area contributed by atoms with E-state index in [9.17, 15) is 9.18 Å². The standard InChI is InChI=1S/C9H9BrFNO2/c10-6-2-1-3-7(11)8(6)9(14)12-4-5-13/h1-3,13H,4-5H2,(H,12,14). The lowest BCUT2D eigenvalue weighted by atomic mass is 10.2. The third-order valence-corrected chi connectivity index (χ3v) is 2.25. The molecule has 1 amide bonds. The quantitative estimate of drug-likeness (QED) is 0.862. The van der Waals surface area contributed by atoms with Crippen LogP contribution in [0.15, 0.2) is 22.7 Å². The molecule has 0 saturated carbocycles. The monoisotopic (exact) mass is 261 g/mol. The first kappa shape index (κ1) is 11.1. The van der Waals surface area contributed by atoms with Gasteiger partial charge in [-0.25, -0.2) is 4.39 Å². The Morgan fingerprint density at radius 2 is 2.29 bits per heavy atom. The minimum atomic E-state index is -0.588. The molecular formula is C9H9BrFNO2. The summed E-state index contributed by atoms with van der Waals surface area (Å²) < 4.78 is 13.6. The van der Waals surface area contributed by atoms with Crippen LogP contribution in [0.4, 0.5) is 4.39 Å². The number of aliphatic hydroxyl groups excluding tert-OH is 1. The fourth-order valence-electron chi connectivity index (χ4n) is 0.973. The highest BCUT2D eigenvalue weighted by atomic mass is 79.9. The molecule has 5 heteroatoms. The van der Waals surface area contributed by atoms with Gasteiger partial charge in [0.25, 0.3) is 5.91 Å². The largest absolute Gasteiger partial charge is 0.395 e. The molecule has 76 valence electrons. The summed E-state index contributed by atoms with van der Waals surface area (Å²) in [6.07, 6.45) is 0. The Bertz CT molecular complexity index is 323. The van der Waals surface area contributed by atoms with Crippen molar-refractivity contribution in [3.8, 4) is 0 Å². The van der Waals surface area contributed by atoms with Crippen molar-refractivity contribution >= 4 is 21.8 Å². The molecule has 3 nitrogen and oxygen atoms in total. The van der Waals surface area contributed by atoms with Crippen LogP contribution >= 0.6 is 15.9 Å².